The van der Waals surface area contributed by atoms with Crippen molar-refractivity contribution in [3.63, 3.8) is 0 Å². The van der Waals surface area contributed by atoms with Crippen molar-refractivity contribution in [1.82, 2.24) is 15.2 Å². The molecule has 2 heterocycles. The van der Waals surface area contributed by atoms with E-state index in [4.69, 9.17) is 0 Å². The SMILES string of the molecule is FC(F)(F)CC[C@H](c1ccc(Br)nc1)N1CCNCC1. The van der Waals surface area contributed by atoms with Crippen LogP contribution in [-0.4, -0.2) is 42.2 Å². The summed E-state index contributed by atoms with van der Waals surface area (Å²) in [7, 11) is 0. The number of halogens is 4. The second-order valence-electron chi connectivity index (χ2n) is 4.87. The Hall–Kier alpha value is -0.660. The van der Waals surface area contributed by atoms with Crippen LogP contribution in [0.5, 0.6) is 0 Å². The molecule has 112 valence electrons. The molecule has 0 amide bonds. The van der Waals surface area contributed by atoms with Crippen molar-refractivity contribution in [3.8, 4) is 0 Å². The van der Waals surface area contributed by atoms with Gasteiger partial charge in [-0.25, -0.2) is 4.98 Å². The summed E-state index contributed by atoms with van der Waals surface area (Å²) in [6, 6.07) is 3.40. The highest BCUT2D eigenvalue weighted by Crippen LogP contribution is 2.31. The van der Waals surface area contributed by atoms with E-state index in [1.165, 1.54) is 0 Å². The van der Waals surface area contributed by atoms with Gasteiger partial charge in [0.25, 0.3) is 0 Å². The number of piperazine rings is 1. The number of hydrogen-bond donors (Lipinski definition) is 1. The summed E-state index contributed by atoms with van der Waals surface area (Å²) in [5, 5.41) is 3.22. The van der Waals surface area contributed by atoms with Crippen LogP contribution in [0, 0.1) is 0 Å². The van der Waals surface area contributed by atoms with Crippen molar-refractivity contribution in [2.24, 2.45) is 0 Å². The topological polar surface area (TPSA) is 28.2 Å². The maximum atomic E-state index is 12.5. The molecule has 1 N–H and O–H groups in total. The quantitative estimate of drug-likeness (QED) is 0.844. The highest BCUT2D eigenvalue weighted by atomic mass is 79.9. The van der Waals surface area contributed by atoms with Crippen LogP contribution in [0.2, 0.25) is 0 Å². The molecule has 0 aromatic carbocycles. The zero-order chi connectivity index (χ0) is 14.6. The summed E-state index contributed by atoms with van der Waals surface area (Å²) in [5.41, 5.74) is 0.847. The summed E-state index contributed by atoms with van der Waals surface area (Å²) >= 11 is 3.25. The van der Waals surface area contributed by atoms with E-state index in [0.717, 1.165) is 31.7 Å². The summed E-state index contributed by atoms with van der Waals surface area (Å²) in [6.45, 7) is 3.15. The summed E-state index contributed by atoms with van der Waals surface area (Å²) in [5.74, 6) is 0. The molecule has 2 rings (SSSR count). The third-order valence-electron chi connectivity index (χ3n) is 3.43. The van der Waals surface area contributed by atoms with Gasteiger partial charge in [0, 0.05) is 44.8 Å². The molecule has 0 unspecified atom stereocenters. The van der Waals surface area contributed by atoms with Gasteiger partial charge in [0.1, 0.15) is 4.60 Å². The van der Waals surface area contributed by atoms with Crippen LogP contribution in [0.25, 0.3) is 0 Å². The molecule has 1 atom stereocenters. The lowest BCUT2D eigenvalue weighted by Gasteiger charge is -2.35. The molecule has 1 aromatic heterocycles. The van der Waals surface area contributed by atoms with Crippen LogP contribution in [0.3, 0.4) is 0 Å². The molecular weight excluding hydrogens is 335 g/mol. The van der Waals surface area contributed by atoms with Crippen molar-refractivity contribution in [3.05, 3.63) is 28.5 Å². The van der Waals surface area contributed by atoms with Crippen molar-refractivity contribution in [2.45, 2.75) is 25.1 Å². The lowest BCUT2D eigenvalue weighted by atomic mass is 10.0. The monoisotopic (exact) mass is 351 g/mol. The predicted octanol–water partition coefficient (Wildman–Crippen LogP) is 3.13. The van der Waals surface area contributed by atoms with Gasteiger partial charge in [0.05, 0.1) is 0 Å². The Morgan fingerprint density at radius 3 is 2.55 bits per heavy atom. The van der Waals surface area contributed by atoms with Gasteiger partial charge in [-0.15, -0.1) is 0 Å². The Bertz CT molecular complexity index is 416. The van der Waals surface area contributed by atoms with Gasteiger partial charge in [0.15, 0.2) is 0 Å². The Labute approximate surface area is 124 Å². The Kier molecular flexibility index (Phi) is 5.40. The minimum absolute atomic E-state index is 0.0762. The zero-order valence-electron chi connectivity index (χ0n) is 11.0. The number of alkyl halides is 3. The normalized spacial score (nSPS) is 19.0. The number of hydrogen-bond acceptors (Lipinski definition) is 3. The van der Waals surface area contributed by atoms with Crippen LogP contribution in [0.4, 0.5) is 13.2 Å². The summed E-state index contributed by atoms with van der Waals surface area (Å²) < 4.78 is 38.2. The van der Waals surface area contributed by atoms with Gasteiger partial charge in [-0.3, -0.25) is 4.90 Å². The summed E-state index contributed by atoms with van der Waals surface area (Å²) in [4.78, 5) is 6.24. The van der Waals surface area contributed by atoms with Crippen molar-refractivity contribution >= 4 is 15.9 Å². The Morgan fingerprint density at radius 2 is 2.00 bits per heavy atom. The third kappa shape index (κ3) is 4.71. The van der Waals surface area contributed by atoms with Gasteiger partial charge in [0.2, 0.25) is 0 Å². The molecule has 20 heavy (non-hydrogen) atoms. The molecule has 3 nitrogen and oxygen atoms in total. The standard InChI is InChI=1S/C13H17BrF3N3/c14-12-2-1-10(9-19-12)11(3-4-13(15,16)17)20-7-5-18-6-8-20/h1-2,9,11,18H,3-8H2/t11-/m1/s1. The second-order valence-corrected chi connectivity index (χ2v) is 5.68. The first-order valence-corrected chi connectivity index (χ1v) is 7.38. The van der Waals surface area contributed by atoms with E-state index < -0.39 is 12.6 Å². The fourth-order valence-electron chi connectivity index (χ4n) is 2.44. The molecule has 0 saturated carbocycles. The predicted molar refractivity (Wildman–Crippen MR) is 74.4 cm³/mol. The van der Waals surface area contributed by atoms with E-state index in [9.17, 15) is 13.2 Å². The summed E-state index contributed by atoms with van der Waals surface area (Å²) in [6.07, 6.45) is -3.15. The highest BCUT2D eigenvalue weighted by molar-refractivity contribution is 9.10. The Balaban J connectivity index is 2.12. The lowest BCUT2D eigenvalue weighted by Crippen LogP contribution is -2.45. The second kappa shape index (κ2) is 6.87. The first-order valence-electron chi connectivity index (χ1n) is 6.59. The number of nitrogens with zero attached hydrogens (tertiary/aromatic N) is 2. The number of rotatable bonds is 4. The number of nitrogens with one attached hydrogen (secondary N) is 1. The largest absolute Gasteiger partial charge is 0.389 e. The van der Waals surface area contributed by atoms with E-state index in [-0.39, 0.29) is 12.5 Å². The van der Waals surface area contributed by atoms with E-state index in [1.807, 2.05) is 6.07 Å². The fraction of sp³-hybridized carbons (Fsp3) is 0.615. The van der Waals surface area contributed by atoms with E-state index in [0.29, 0.717) is 4.60 Å². The maximum Gasteiger partial charge on any atom is 0.389 e. The van der Waals surface area contributed by atoms with Gasteiger partial charge < -0.3 is 5.32 Å². The van der Waals surface area contributed by atoms with Crippen molar-refractivity contribution in [2.75, 3.05) is 26.2 Å². The van der Waals surface area contributed by atoms with Crippen LogP contribution in [0.15, 0.2) is 22.9 Å². The number of pyridine rings is 1. The maximum absolute atomic E-state index is 12.5. The van der Waals surface area contributed by atoms with Gasteiger partial charge >= 0.3 is 6.18 Å². The molecule has 0 spiro atoms. The van der Waals surface area contributed by atoms with Crippen LogP contribution in [-0.2, 0) is 0 Å². The van der Waals surface area contributed by atoms with E-state index in [1.54, 1.807) is 12.3 Å². The third-order valence-corrected chi connectivity index (χ3v) is 3.90. The minimum Gasteiger partial charge on any atom is -0.314 e. The lowest BCUT2D eigenvalue weighted by molar-refractivity contribution is -0.138. The van der Waals surface area contributed by atoms with Crippen molar-refractivity contribution < 1.29 is 13.2 Å². The van der Waals surface area contributed by atoms with Gasteiger partial charge in [-0.2, -0.15) is 13.2 Å². The van der Waals surface area contributed by atoms with Crippen molar-refractivity contribution in [1.29, 1.82) is 0 Å². The molecule has 1 aliphatic rings. The molecule has 1 aliphatic heterocycles. The average molecular weight is 352 g/mol. The average Bonchev–Trinajstić information content (AvgIpc) is 2.41. The molecule has 1 aromatic rings. The van der Waals surface area contributed by atoms with Gasteiger partial charge in [-0.05, 0) is 34.0 Å². The molecule has 0 radical (unpaired) electrons. The molecule has 7 heteroatoms. The van der Waals surface area contributed by atoms with Crippen LogP contribution in [0.1, 0.15) is 24.4 Å². The van der Waals surface area contributed by atoms with Crippen LogP contribution < -0.4 is 5.32 Å². The van der Waals surface area contributed by atoms with E-state index in [2.05, 4.69) is 31.1 Å². The van der Waals surface area contributed by atoms with Gasteiger partial charge in [-0.1, -0.05) is 6.07 Å². The molecule has 0 bridgehead atoms. The number of aromatic nitrogens is 1. The smallest absolute Gasteiger partial charge is 0.314 e. The Morgan fingerprint density at radius 1 is 1.30 bits per heavy atom. The molecular formula is C13H17BrF3N3. The van der Waals surface area contributed by atoms with Crippen LogP contribution >= 0.6 is 15.9 Å². The fourth-order valence-corrected chi connectivity index (χ4v) is 2.67. The molecule has 1 saturated heterocycles. The zero-order valence-corrected chi connectivity index (χ0v) is 12.5. The first kappa shape index (κ1) is 15.7. The molecule has 1 fully saturated rings. The molecule has 0 aliphatic carbocycles. The van der Waals surface area contributed by atoms with E-state index >= 15 is 0 Å². The highest BCUT2D eigenvalue weighted by Gasteiger charge is 2.31. The minimum atomic E-state index is -4.12. The first-order chi connectivity index (χ1) is 9.46.